The lowest BCUT2D eigenvalue weighted by molar-refractivity contribution is -0.206. The highest BCUT2D eigenvalue weighted by Gasteiger charge is 2.39. The number of hydrogen-bond acceptors (Lipinski definition) is 1. The first-order chi connectivity index (χ1) is 6.30. The van der Waals surface area contributed by atoms with Gasteiger partial charge in [-0.15, -0.1) is 0 Å². The number of aliphatic hydroxyl groups excluding tert-OH is 1. The molecule has 0 aliphatic heterocycles. The van der Waals surface area contributed by atoms with Gasteiger partial charge < -0.3 is 5.11 Å². The van der Waals surface area contributed by atoms with Crippen molar-refractivity contribution < 1.29 is 18.3 Å². The van der Waals surface area contributed by atoms with E-state index in [1.165, 1.54) is 12.1 Å². The van der Waals surface area contributed by atoms with Crippen molar-refractivity contribution >= 4 is 0 Å². The van der Waals surface area contributed by atoms with Crippen LogP contribution in [-0.4, -0.2) is 11.3 Å². The van der Waals surface area contributed by atoms with E-state index in [9.17, 15) is 13.2 Å². The summed E-state index contributed by atoms with van der Waals surface area (Å²) in [4.78, 5) is 0. The van der Waals surface area contributed by atoms with Crippen LogP contribution in [0.25, 0.3) is 0 Å². The van der Waals surface area contributed by atoms with E-state index in [0.717, 1.165) is 0 Å². The highest BCUT2D eigenvalue weighted by atomic mass is 19.4. The summed E-state index contributed by atoms with van der Waals surface area (Å²) in [7, 11) is 0. The predicted octanol–water partition coefficient (Wildman–Crippen LogP) is 2.90. The van der Waals surface area contributed by atoms with E-state index in [1.54, 1.807) is 19.9 Å². The second-order valence-corrected chi connectivity index (χ2v) is 3.37. The number of rotatable bonds is 1. The topological polar surface area (TPSA) is 20.2 Å². The fourth-order valence-corrected chi connectivity index (χ4v) is 1.36. The molecule has 0 aliphatic carbocycles. The Morgan fingerprint density at radius 3 is 1.86 bits per heavy atom. The van der Waals surface area contributed by atoms with Gasteiger partial charge in [0.2, 0.25) is 0 Å². The molecule has 1 aromatic carbocycles. The first-order valence-electron chi connectivity index (χ1n) is 4.13. The fraction of sp³-hybridized carbons (Fsp3) is 0.400. The maximum atomic E-state index is 12.1. The molecule has 0 unspecified atom stereocenters. The quantitative estimate of drug-likeness (QED) is 0.745. The molecule has 0 saturated heterocycles. The molecule has 4 heteroatoms. The number of halogens is 3. The van der Waals surface area contributed by atoms with Crippen molar-refractivity contribution in [1.82, 2.24) is 0 Å². The van der Waals surface area contributed by atoms with Gasteiger partial charge in [-0.2, -0.15) is 13.2 Å². The van der Waals surface area contributed by atoms with Crippen molar-refractivity contribution in [3.8, 4) is 0 Å². The van der Waals surface area contributed by atoms with E-state index in [0.29, 0.717) is 11.1 Å². The average Bonchev–Trinajstić information content (AvgIpc) is 1.99. The third-order valence-corrected chi connectivity index (χ3v) is 1.87. The Labute approximate surface area is 80.2 Å². The normalized spacial score (nSPS) is 14.1. The molecule has 1 aromatic rings. The number of alkyl halides is 3. The average molecular weight is 204 g/mol. The standard InChI is InChI=1S/C10H11F3O/c1-6-3-7(2)5-8(4-6)9(14)10(11,12)13/h3-5,9,14H,1-2H3/t9-/m1/s1. The second kappa shape index (κ2) is 3.61. The molecule has 0 heterocycles. The molecule has 0 saturated carbocycles. The lowest BCUT2D eigenvalue weighted by Crippen LogP contribution is -2.20. The summed E-state index contributed by atoms with van der Waals surface area (Å²) >= 11 is 0. The minimum atomic E-state index is -4.60. The Balaban J connectivity index is 3.07. The van der Waals surface area contributed by atoms with Gasteiger partial charge in [0.15, 0.2) is 6.10 Å². The molecule has 0 fully saturated rings. The molecule has 0 aliphatic rings. The Bertz CT molecular complexity index is 310. The Kier molecular flexibility index (Phi) is 2.85. The van der Waals surface area contributed by atoms with E-state index >= 15 is 0 Å². The van der Waals surface area contributed by atoms with E-state index in [1.807, 2.05) is 0 Å². The molecule has 1 atom stereocenters. The molecule has 78 valence electrons. The number of hydrogen-bond donors (Lipinski definition) is 1. The summed E-state index contributed by atoms with van der Waals surface area (Å²) in [5, 5.41) is 8.98. The zero-order valence-corrected chi connectivity index (χ0v) is 7.89. The van der Waals surface area contributed by atoms with Crippen LogP contribution in [0.5, 0.6) is 0 Å². The third kappa shape index (κ3) is 2.48. The highest BCUT2D eigenvalue weighted by Crippen LogP contribution is 2.32. The van der Waals surface area contributed by atoms with Crippen LogP contribution >= 0.6 is 0 Å². The van der Waals surface area contributed by atoms with Crippen LogP contribution < -0.4 is 0 Å². The van der Waals surface area contributed by atoms with Crippen LogP contribution in [0.1, 0.15) is 22.8 Å². The first kappa shape index (κ1) is 11.0. The van der Waals surface area contributed by atoms with Crippen molar-refractivity contribution in [3.63, 3.8) is 0 Å². The van der Waals surface area contributed by atoms with Crippen LogP contribution in [-0.2, 0) is 0 Å². The van der Waals surface area contributed by atoms with Crippen molar-refractivity contribution in [3.05, 3.63) is 34.9 Å². The fourth-order valence-electron chi connectivity index (χ4n) is 1.36. The summed E-state index contributed by atoms with van der Waals surface area (Å²) in [6.07, 6.45) is -6.98. The van der Waals surface area contributed by atoms with Crippen LogP contribution in [0.4, 0.5) is 13.2 Å². The van der Waals surface area contributed by atoms with E-state index in [4.69, 9.17) is 5.11 Å². The van der Waals surface area contributed by atoms with Gasteiger partial charge in [-0.25, -0.2) is 0 Å². The SMILES string of the molecule is Cc1cc(C)cc([C@@H](O)C(F)(F)F)c1. The minimum absolute atomic E-state index is 0.102. The van der Waals surface area contributed by atoms with Crippen LogP contribution in [0.15, 0.2) is 18.2 Å². The van der Waals surface area contributed by atoms with Crippen LogP contribution in [0.2, 0.25) is 0 Å². The van der Waals surface area contributed by atoms with Gasteiger partial charge in [0.1, 0.15) is 0 Å². The van der Waals surface area contributed by atoms with Gasteiger partial charge in [-0.1, -0.05) is 29.3 Å². The molecule has 1 nitrogen and oxygen atoms in total. The molecule has 0 radical (unpaired) electrons. The number of aliphatic hydroxyl groups is 1. The maximum Gasteiger partial charge on any atom is 0.418 e. The third-order valence-electron chi connectivity index (χ3n) is 1.87. The molecule has 0 aromatic heterocycles. The lowest BCUT2D eigenvalue weighted by Gasteiger charge is -2.15. The molecule has 1 N–H and O–H groups in total. The lowest BCUT2D eigenvalue weighted by atomic mass is 10.0. The Hall–Kier alpha value is -1.03. The molecule has 1 rings (SSSR count). The van der Waals surface area contributed by atoms with Crippen LogP contribution in [0.3, 0.4) is 0 Å². The zero-order chi connectivity index (χ0) is 10.9. The zero-order valence-electron chi connectivity index (χ0n) is 7.89. The van der Waals surface area contributed by atoms with Gasteiger partial charge in [0, 0.05) is 0 Å². The molecule has 0 bridgehead atoms. The highest BCUT2D eigenvalue weighted by molar-refractivity contribution is 5.30. The Morgan fingerprint density at radius 2 is 1.50 bits per heavy atom. The molecule has 14 heavy (non-hydrogen) atoms. The molecule has 0 amide bonds. The van der Waals surface area contributed by atoms with E-state index in [2.05, 4.69) is 0 Å². The van der Waals surface area contributed by atoms with Gasteiger partial charge in [0.05, 0.1) is 0 Å². The minimum Gasteiger partial charge on any atom is -0.379 e. The van der Waals surface area contributed by atoms with Gasteiger partial charge >= 0.3 is 6.18 Å². The monoisotopic (exact) mass is 204 g/mol. The molecule has 0 spiro atoms. The van der Waals surface area contributed by atoms with Gasteiger partial charge in [-0.05, 0) is 19.4 Å². The van der Waals surface area contributed by atoms with Crippen molar-refractivity contribution in [2.45, 2.75) is 26.1 Å². The summed E-state index contributed by atoms with van der Waals surface area (Å²) in [6.45, 7) is 3.39. The summed E-state index contributed by atoms with van der Waals surface area (Å²) in [6, 6.07) is 4.43. The molecular weight excluding hydrogens is 193 g/mol. The summed E-state index contributed by atoms with van der Waals surface area (Å²) in [5.74, 6) is 0. The summed E-state index contributed by atoms with van der Waals surface area (Å²) in [5.41, 5.74) is 1.32. The van der Waals surface area contributed by atoms with Crippen molar-refractivity contribution in [2.75, 3.05) is 0 Å². The van der Waals surface area contributed by atoms with E-state index in [-0.39, 0.29) is 5.56 Å². The van der Waals surface area contributed by atoms with Crippen molar-refractivity contribution in [2.24, 2.45) is 0 Å². The predicted molar refractivity (Wildman–Crippen MR) is 46.9 cm³/mol. The largest absolute Gasteiger partial charge is 0.418 e. The number of benzene rings is 1. The maximum absolute atomic E-state index is 12.1. The first-order valence-corrected chi connectivity index (χ1v) is 4.13. The van der Waals surface area contributed by atoms with E-state index < -0.39 is 12.3 Å². The smallest absolute Gasteiger partial charge is 0.379 e. The van der Waals surface area contributed by atoms with Gasteiger partial charge in [-0.3, -0.25) is 0 Å². The Morgan fingerprint density at radius 1 is 1.07 bits per heavy atom. The summed E-state index contributed by atoms with van der Waals surface area (Å²) < 4.78 is 36.4. The second-order valence-electron chi connectivity index (χ2n) is 3.37. The van der Waals surface area contributed by atoms with Gasteiger partial charge in [0.25, 0.3) is 0 Å². The van der Waals surface area contributed by atoms with Crippen LogP contribution in [0, 0.1) is 13.8 Å². The number of aryl methyl sites for hydroxylation is 2. The van der Waals surface area contributed by atoms with Crippen molar-refractivity contribution in [1.29, 1.82) is 0 Å². The molecular formula is C10H11F3O.